The van der Waals surface area contributed by atoms with Crippen LogP contribution in [0.1, 0.15) is 44.0 Å². The lowest BCUT2D eigenvalue weighted by Crippen LogP contribution is -2.36. The summed E-state index contributed by atoms with van der Waals surface area (Å²) < 4.78 is 5.13. The second-order valence-electron chi connectivity index (χ2n) is 7.23. The summed E-state index contributed by atoms with van der Waals surface area (Å²) in [4.78, 5) is 11.6. The molecule has 154 valence electrons. The topological polar surface area (TPSA) is 90.8 Å². The number of alkyl carbamates (subject to hydrolysis) is 1. The number of amides is 1. The molecule has 0 aliphatic carbocycles. The monoisotopic (exact) mass is 388 g/mol. The van der Waals surface area contributed by atoms with Crippen LogP contribution >= 0.6 is 0 Å². The molecule has 4 N–H and O–H groups in total. The first-order chi connectivity index (χ1) is 13.3. The van der Waals surface area contributed by atoms with Crippen LogP contribution in [0.15, 0.2) is 60.7 Å². The number of nitrogens with one attached hydrogen (secondary N) is 2. The van der Waals surface area contributed by atoms with E-state index in [0.717, 1.165) is 11.1 Å². The molecule has 28 heavy (non-hydrogen) atoms. The van der Waals surface area contributed by atoms with Crippen molar-refractivity contribution in [2.75, 3.05) is 20.3 Å². The average Bonchev–Trinajstić information content (AvgIpc) is 2.68. The minimum absolute atomic E-state index is 0.0659. The van der Waals surface area contributed by atoms with Gasteiger partial charge in [0, 0.05) is 0 Å². The van der Waals surface area contributed by atoms with Gasteiger partial charge in [0.1, 0.15) is 5.60 Å². The van der Waals surface area contributed by atoms with Crippen molar-refractivity contribution in [3.63, 3.8) is 0 Å². The van der Waals surface area contributed by atoms with Crippen molar-refractivity contribution < 1.29 is 19.7 Å². The zero-order valence-electron chi connectivity index (χ0n) is 17.1. The third kappa shape index (κ3) is 8.99. The minimum atomic E-state index is -0.541. The van der Waals surface area contributed by atoms with Gasteiger partial charge in [-0.2, -0.15) is 0 Å². The van der Waals surface area contributed by atoms with Crippen molar-refractivity contribution in [1.29, 1.82) is 0 Å². The largest absolute Gasteiger partial charge is 0.444 e. The van der Waals surface area contributed by atoms with E-state index in [2.05, 4.69) is 10.6 Å². The van der Waals surface area contributed by atoms with E-state index in [1.807, 2.05) is 67.7 Å². The zero-order chi connectivity index (χ0) is 21.0. The summed E-state index contributed by atoms with van der Waals surface area (Å²) in [5.74, 6) is 0. The van der Waals surface area contributed by atoms with Crippen LogP contribution in [-0.2, 0) is 4.74 Å². The molecule has 1 amide bonds. The molecule has 0 unspecified atom stereocenters. The van der Waals surface area contributed by atoms with E-state index in [-0.39, 0.29) is 19.3 Å². The van der Waals surface area contributed by atoms with Gasteiger partial charge in [0.2, 0.25) is 0 Å². The molecule has 0 radical (unpaired) electrons. The smallest absolute Gasteiger partial charge is 0.408 e. The predicted octanol–water partition coefficient (Wildman–Crippen LogP) is 3.18. The molecule has 0 saturated carbocycles. The van der Waals surface area contributed by atoms with Gasteiger partial charge in [-0.05, 0) is 38.9 Å². The highest BCUT2D eigenvalue weighted by Gasteiger charge is 2.19. The van der Waals surface area contributed by atoms with Crippen LogP contribution in [-0.4, -0.2) is 42.2 Å². The minimum Gasteiger partial charge on any atom is -0.444 e. The third-order valence-electron chi connectivity index (χ3n) is 3.81. The maximum absolute atomic E-state index is 11.6. The van der Waals surface area contributed by atoms with E-state index in [1.54, 1.807) is 20.8 Å². The van der Waals surface area contributed by atoms with Crippen LogP contribution in [0.3, 0.4) is 0 Å². The summed E-state index contributed by atoms with van der Waals surface area (Å²) >= 11 is 0. The Labute approximate surface area is 167 Å². The fourth-order valence-electron chi connectivity index (χ4n) is 2.42. The fourth-order valence-corrected chi connectivity index (χ4v) is 2.42. The lowest BCUT2D eigenvalue weighted by Gasteiger charge is -2.22. The first kappa shape index (κ1) is 23.6. The van der Waals surface area contributed by atoms with Gasteiger partial charge in [-0.25, -0.2) is 4.79 Å². The van der Waals surface area contributed by atoms with Gasteiger partial charge in [-0.1, -0.05) is 60.7 Å². The Morgan fingerprint density at radius 3 is 1.68 bits per heavy atom. The van der Waals surface area contributed by atoms with Gasteiger partial charge in [0.05, 0.1) is 25.3 Å². The fraction of sp³-hybridized carbons (Fsp3) is 0.409. The highest BCUT2D eigenvalue weighted by atomic mass is 16.6. The Hall–Kier alpha value is -2.41. The van der Waals surface area contributed by atoms with E-state index in [9.17, 15) is 9.90 Å². The lowest BCUT2D eigenvalue weighted by atomic mass is 10.1. The van der Waals surface area contributed by atoms with Crippen molar-refractivity contribution in [3.8, 4) is 0 Å². The van der Waals surface area contributed by atoms with E-state index in [0.29, 0.717) is 0 Å². The van der Waals surface area contributed by atoms with E-state index in [1.165, 1.54) is 0 Å². The summed E-state index contributed by atoms with van der Waals surface area (Å²) in [6, 6.07) is 18.8. The standard InChI is InChI=1S/C13H19NO3.C9H13NO/c1-13(2,3)17-12(16)14-11(9-15)10-7-5-4-6-8-10;1-10-9(7-11)8-5-3-2-4-6-8/h4-8,11,15H,9H2,1-3H3,(H,14,16);2-6,9-11H,7H2,1H3/t11-;9-/m11/s1. The molecule has 0 saturated heterocycles. The molecule has 2 aromatic carbocycles. The Bertz CT molecular complexity index is 668. The summed E-state index contributed by atoms with van der Waals surface area (Å²) in [6.45, 7) is 5.36. The highest BCUT2D eigenvalue weighted by Crippen LogP contribution is 2.13. The Morgan fingerprint density at radius 1 is 0.893 bits per heavy atom. The van der Waals surface area contributed by atoms with Crippen molar-refractivity contribution in [3.05, 3.63) is 71.8 Å². The molecule has 0 aliphatic rings. The number of ether oxygens (including phenoxy) is 1. The van der Waals surface area contributed by atoms with Gasteiger partial charge in [-0.15, -0.1) is 0 Å². The van der Waals surface area contributed by atoms with E-state index in [4.69, 9.17) is 9.84 Å². The number of carbonyl (C=O) groups is 1. The molecule has 2 aromatic rings. The zero-order valence-corrected chi connectivity index (χ0v) is 17.1. The SMILES string of the molecule is CC(C)(C)OC(=O)N[C@H](CO)c1ccccc1.CN[C@H](CO)c1ccccc1. The number of likely N-dealkylation sites (N-methyl/N-ethyl adjacent to an activating group) is 1. The van der Waals surface area contributed by atoms with Crippen molar-refractivity contribution in [2.24, 2.45) is 0 Å². The molecule has 0 spiro atoms. The predicted molar refractivity (Wildman–Crippen MR) is 111 cm³/mol. The van der Waals surface area contributed by atoms with Crippen LogP contribution in [0.25, 0.3) is 0 Å². The average molecular weight is 389 g/mol. The molecule has 0 bridgehead atoms. The highest BCUT2D eigenvalue weighted by molar-refractivity contribution is 5.68. The third-order valence-corrected chi connectivity index (χ3v) is 3.81. The van der Waals surface area contributed by atoms with Crippen molar-refractivity contribution >= 4 is 6.09 Å². The van der Waals surface area contributed by atoms with Crippen LogP contribution in [0, 0.1) is 0 Å². The summed E-state index contributed by atoms with van der Waals surface area (Å²) in [5.41, 5.74) is 1.43. The number of rotatable bonds is 6. The number of aliphatic hydroxyl groups is 2. The molecular formula is C22H32N2O4. The molecular weight excluding hydrogens is 356 g/mol. The molecule has 2 atom stereocenters. The number of carbonyl (C=O) groups excluding carboxylic acids is 1. The van der Waals surface area contributed by atoms with Gasteiger partial charge in [0.25, 0.3) is 0 Å². The van der Waals surface area contributed by atoms with E-state index >= 15 is 0 Å². The Morgan fingerprint density at radius 2 is 1.32 bits per heavy atom. The number of hydrogen-bond donors (Lipinski definition) is 4. The van der Waals surface area contributed by atoms with Crippen LogP contribution in [0.2, 0.25) is 0 Å². The molecule has 6 heteroatoms. The van der Waals surface area contributed by atoms with Crippen LogP contribution in [0.4, 0.5) is 4.79 Å². The summed E-state index contributed by atoms with van der Waals surface area (Å²) in [7, 11) is 1.84. The summed E-state index contributed by atoms with van der Waals surface area (Å²) in [5, 5.41) is 23.8. The Kier molecular flexibility index (Phi) is 10.2. The van der Waals surface area contributed by atoms with E-state index < -0.39 is 17.7 Å². The maximum atomic E-state index is 11.6. The quantitative estimate of drug-likeness (QED) is 0.610. The normalized spacial score (nSPS) is 12.9. The maximum Gasteiger partial charge on any atom is 0.408 e. The Balaban J connectivity index is 0.000000307. The van der Waals surface area contributed by atoms with Crippen LogP contribution < -0.4 is 10.6 Å². The first-order valence-electron chi connectivity index (χ1n) is 9.29. The van der Waals surface area contributed by atoms with Crippen molar-refractivity contribution in [2.45, 2.75) is 38.5 Å². The van der Waals surface area contributed by atoms with Gasteiger partial charge in [-0.3, -0.25) is 0 Å². The number of aliphatic hydroxyl groups excluding tert-OH is 2. The molecule has 0 aliphatic heterocycles. The molecule has 2 rings (SSSR count). The second kappa shape index (κ2) is 12.1. The molecule has 0 heterocycles. The number of hydrogen-bond acceptors (Lipinski definition) is 5. The first-order valence-corrected chi connectivity index (χ1v) is 9.29. The van der Waals surface area contributed by atoms with Gasteiger partial charge < -0.3 is 25.6 Å². The number of benzene rings is 2. The molecule has 0 aromatic heterocycles. The summed E-state index contributed by atoms with van der Waals surface area (Å²) in [6.07, 6.45) is -0.527. The molecule has 0 fully saturated rings. The van der Waals surface area contributed by atoms with Gasteiger partial charge in [0.15, 0.2) is 0 Å². The molecule has 6 nitrogen and oxygen atoms in total. The van der Waals surface area contributed by atoms with Crippen molar-refractivity contribution in [1.82, 2.24) is 10.6 Å². The van der Waals surface area contributed by atoms with Gasteiger partial charge >= 0.3 is 6.09 Å². The lowest BCUT2D eigenvalue weighted by molar-refractivity contribution is 0.0482. The second-order valence-corrected chi connectivity index (χ2v) is 7.23. The van der Waals surface area contributed by atoms with Crippen LogP contribution in [0.5, 0.6) is 0 Å².